The van der Waals surface area contributed by atoms with Crippen LogP contribution >= 0.6 is 11.8 Å². The molecule has 0 spiro atoms. The molecule has 3 saturated heterocycles. The Balaban J connectivity index is 1.32. The van der Waals surface area contributed by atoms with Gasteiger partial charge in [0.05, 0.1) is 19.3 Å². The van der Waals surface area contributed by atoms with E-state index in [2.05, 4.69) is 21.9 Å². The minimum absolute atomic E-state index is 0.283. The summed E-state index contributed by atoms with van der Waals surface area (Å²) in [4.78, 5) is 4.78. The van der Waals surface area contributed by atoms with E-state index < -0.39 is 6.10 Å². The van der Waals surface area contributed by atoms with Crippen LogP contribution in [-0.4, -0.2) is 91.2 Å². The maximum Gasteiger partial charge on any atom is 0.161 e. The molecular formula is C21H32N2O4S. The van der Waals surface area contributed by atoms with E-state index in [9.17, 15) is 5.11 Å². The van der Waals surface area contributed by atoms with Crippen LogP contribution in [0.2, 0.25) is 0 Å². The summed E-state index contributed by atoms with van der Waals surface area (Å²) in [7, 11) is 1.66. The number of aliphatic hydroxyl groups is 1. The first-order chi connectivity index (χ1) is 13.7. The first-order valence-electron chi connectivity index (χ1n) is 10.4. The number of nitrogens with zero attached hydrogens (tertiary/aromatic N) is 2. The van der Waals surface area contributed by atoms with E-state index in [1.165, 1.54) is 18.4 Å². The summed E-state index contributed by atoms with van der Waals surface area (Å²) in [6.45, 7) is 5.94. The van der Waals surface area contributed by atoms with Crippen molar-refractivity contribution in [2.24, 2.45) is 0 Å². The fourth-order valence-electron chi connectivity index (χ4n) is 4.34. The van der Waals surface area contributed by atoms with Gasteiger partial charge in [-0.05, 0) is 30.5 Å². The fourth-order valence-corrected chi connectivity index (χ4v) is 5.32. The van der Waals surface area contributed by atoms with Gasteiger partial charge in [0, 0.05) is 50.8 Å². The highest BCUT2D eigenvalue weighted by Gasteiger charge is 2.33. The van der Waals surface area contributed by atoms with Crippen molar-refractivity contribution in [3.8, 4) is 11.5 Å². The van der Waals surface area contributed by atoms with Crippen molar-refractivity contribution in [3.63, 3.8) is 0 Å². The van der Waals surface area contributed by atoms with E-state index in [4.69, 9.17) is 14.2 Å². The molecule has 156 valence electrons. The lowest BCUT2D eigenvalue weighted by Crippen LogP contribution is -2.41. The predicted octanol–water partition coefficient (Wildman–Crippen LogP) is 1.85. The SMILES string of the molecule is COc1ccc(CN2C[C@H]3CC[C@@H](C2)O3)cc1OCC(O)CN1CCSCC1. The van der Waals surface area contributed by atoms with Crippen LogP contribution in [0, 0.1) is 0 Å². The highest BCUT2D eigenvalue weighted by atomic mass is 32.2. The second-order valence-electron chi connectivity index (χ2n) is 8.01. The monoisotopic (exact) mass is 408 g/mol. The zero-order valence-electron chi connectivity index (χ0n) is 16.7. The quantitative estimate of drug-likeness (QED) is 0.704. The molecule has 0 radical (unpaired) electrons. The topological polar surface area (TPSA) is 54.4 Å². The summed E-state index contributed by atoms with van der Waals surface area (Å²) in [6, 6.07) is 6.12. The Morgan fingerprint density at radius 3 is 2.61 bits per heavy atom. The van der Waals surface area contributed by atoms with Crippen molar-refractivity contribution in [2.45, 2.75) is 37.7 Å². The van der Waals surface area contributed by atoms with Gasteiger partial charge in [0.2, 0.25) is 0 Å². The van der Waals surface area contributed by atoms with Crippen molar-refractivity contribution in [2.75, 3.05) is 57.9 Å². The first kappa shape index (κ1) is 20.3. The number of fused-ring (bicyclic) bond motifs is 2. The van der Waals surface area contributed by atoms with Gasteiger partial charge in [0.1, 0.15) is 12.7 Å². The second kappa shape index (κ2) is 9.67. The molecule has 6 nitrogen and oxygen atoms in total. The van der Waals surface area contributed by atoms with Gasteiger partial charge < -0.3 is 19.3 Å². The molecule has 2 bridgehead atoms. The lowest BCUT2D eigenvalue weighted by molar-refractivity contribution is -0.0410. The molecule has 0 aliphatic carbocycles. The Bertz CT molecular complexity index is 629. The predicted molar refractivity (Wildman–Crippen MR) is 111 cm³/mol. The Morgan fingerprint density at radius 1 is 1.14 bits per heavy atom. The zero-order valence-corrected chi connectivity index (χ0v) is 17.5. The second-order valence-corrected chi connectivity index (χ2v) is 9.24. The minimum Gasteiger partial charge on any atom is -0.493 e. The van der Waals surface area contributed by atoms with Crippen LogP contribution in [0.25, 0.3) is 0 Å². The van der Waals surface area contributed by atoms with E-state index in [0.29, 0.717) is 30.3 Å². The molecule has 1 unspecified atom stereocenters. The molecule has 3 fully saturated rings. The number of likely N-dealkylation sites (tertiary alicyclic amines) is 1. The number of rotatable bonds is 8. The fraction of sp³-hybridized carbons (Fsp3) is 0.714. The highest BCUT2D eigenvalue weighted by Crippen LogP contribution is 2.31. The number of aliphatic hydroxyl groups excluding tert-OH is 1. The lowest BCUT2D eigenvalue weighted by Gasteiger charge is -2.32. The molecule has 28 heavy (non-hydrogen) atoms. The van der Waals surface area contributed by atoms with Gasteiger partial charge in [-0.1, -0.05) is 6.07 Å². The van der Waals surface area contributed by atoms with Crippen LogP contribution in [0.4, 0.5) is 0 Å². The van der Waals surface area contributed by atoms with Gasteiger partial charge in [-0.25, -0.2) is 0 Å². The van der Waals surface area contributed by atoms with Crippen LogP contribution in [0.15, 0.2) is 18.2 Å². The Morgan fingerprint density at radius 2 is 1.89 bits per heavy atom. The minimum atomic E-state index is -0.494. The summed E-state index contributed by atoms with van der Waals surface area (Å²) in [5.41, 5.74) is 1.21. The summed E-state index contributed by atoms with van der Waals surface area (Å²) >= 11 is 1.98. The Kier molecular flexibility index (Phi) is 7.01. The number of ether oxygens (including phenoxy) is 3. The number of hydrogen-bond acceptors (Lipinski definition) is 7. The molecule has 0 saturated carbocycles. The molecular weight excluding hydrogens is 376 g/mol. The summed E-state index contributed by atoms with van der Waals surface area (Å²) < 4.78 is 17.4. The third-order valence-electron chi connectivity index (χ3n) is 5.76. The normalized spacial score (nSPS) is 26.9. The van der Waals surface area contributed by atoms with Crippen molar-refractivity contribution in [1.82, 2.24) is 9.80 Å². The molecule has 0 aromatic heterocycles. The van der Waals surface area contributed by atoms with E-state index in [1.807, 2.05) is 17.8 Å². The third kappa shape index (κ3) is 5.33. The maximum atomic E-state index is 10.4. The summed E-state index contributed by atoms with van der Waals surface area (Å²) in [6.07, 6.45) is 2.68. The molecule has 1 aromatic rings. The molecule has 3 heterocycles. The third-order valence-corrected chi connectivity index (χ3v) is 6.70. The van der Waals surface area contributed by atoms with Crippen molar-refractivity contribution >= 4 is 11.8 Å². The first-order valence-corrected chi connectivity index (χ1v) is 11.5. The van der Waals surface area contributed by atoms with Crippen LogP contribution in [-0.2, 0) is 11.3 Å². The number of β-amino-alcohol motifs (C(OH)–C–C–N with tert-alkyl or cyclic N) is 1. The maximum absolute atomic E-state index is 10.4. The van der Waals surface area contributed by atoms with Crippen LogP contribution < -0.4 is 9.47 Å². The number of thioether (sulfide) groups is 1. The molecule has 1 aromatic carbocycles. The average Bonchev–Trinajstić information content (AvgIpc) is 3.05. The van der Waals surface area contributed by atoms with E-state index >= 15 is 0 Å². The summed E-state index contributed by atoms with van der Waals surface area (Å²) in [5, 5.41) is 10.4. The van der Waals surface area contributed by atoms with E-state index in [-0.39, 0.29) is 6.61 Å². The number of morpholine rings is 1. The molecule has 3 aliphatic heterocycles. The molecule has 1 N–H and O–H groups in total. The van der Waals surface area contributed by atoms with Gasteiger partial charge in [-0.2, -0.15) is 11.8 Å². The van der Waals surface area contributed by atoms with Gasteiger partial charge >= 0.3 is 0 Å². The standard InChI is InChI=1S/C21H32N2O4S/c1-25-20-5-2-16(11-23-13-18-3-4-19(14-23)27-18)10-21(20)26-15-17(24)12-22-6-8-28-9-7-22/h2,5,10,17-19,24H,3-4,6-9,11-15H2,1H3/t17?,18-,19+. The summed E-state index contributed by atoms with van der Waals surface area (Å²) in [5.74, 6) is 3.72. The zero-order chi connectivity index (χ0) is 19.3. The van der Waals surface area contributed by atoms with E-state index in [1.54, 1.807) is 7.11 Å². The molecule has 7 heteroatoms. The van der Waals surface area contributed by atoms with Crippen molar-refractivity contribution in [1.29, 1.82) is 0 Å². The van der Waals surface area contributed by atoms with Gasteiger partial charge in [0.25, 0.3) is 0 Å². The largest absolute Gasteiger partial charge is 0.493 e. The molecule has 4 rings (SSSR count). The Hall–Kier alpha value is -0.990. The average molecular weight is 409 g/mol. The molecule has 3 aliphatic rings. The van der Waals surface area contributed by atoms with Crippen LogP contribution in [0.3, 0.4) is 0 Å². The van der Waals surface area contributed by atoms with Gasteiger partial charge in [-0.3, -0.25) is 9.80 Å². The number of benzene rings is 1. The lowest BCUT2D eigenvalue weighted by atomic mass is 10.1. The van der Waals surface area contributed by atoms with Gasteiger partial charge in [0.15, 0.2) is 11.5 Å². The highest BCUT2D eigenvalue weighted by molar-refractivity contribution is 7.99. The van der Waals surface area contributed by atoms with Crippen LogP contribution in [0.1, 0.15) is 18.4 Å². The number of methoxy groups -OCH3 is 1. The van der Waals surface area contributed by atoms with Crippen molar-refractivity contribution in [3.05, 3.63) is 23.8 Å². The van der Waals surface area contributed by atoms with Gasteiger partial charge in [-0.15, -0.1) is 0 Å². The van der Waals surface area contributed by atoms with Crippen LogP contribution in [0.5, 0.6) is 11.5 Å². The van der Waals surface area contributed by atoms with E-state index in [0.717, 1.165) is 44.2 Å². The Labute approximate surface area is 172 Å². The molecule has 3 atom stereocenters. The number of hydrogen-bond donors (Lipinski definition) is 1. The van der Waals surface area contributed by atoms with Crippen molar-refractivity contribution < 1.29 is 19.3 Å². The molecule has 0 amide bonds. The smallest absolute Gasteiger partial charge is 0.161 e.